The highest BCUT2D eigenvalue weighted by molar-refractivity contribution is 6.67. The average Bonchev–Trinajstić information content (AvgIpc) is 3.08. The van der Waals surface area contributed by atoms with E-state index in [9.17, 15) is 4.79 Å². The van der Waals surface area contributed by atoms with Crippen molar-refractivity contribution in [1.29, 1.82) is 0 Å². The number of aromatic nitrogens is 3. The van der Waals surface area contributed by atoms with Gasteiger partial charge in [0.25, 0.3) is 0 Å². The number of carbonyl (C=O) groups is 1. The summed E-state index contributed by atoms with van der Waals surface area (Å²) < 4.78 is 4.85. The molecule has 2 N–H and O–H groups in total. The van der Waals surface area contributed by atoms with Gasteiger partial charge in [-0.2, -0.15) is 5.10 Å². The van der Waals surface area contributed by atoms with E-state index in [-0.39, 0.29) is 12.5 Å². The third-order valence-electron chi connectivity index (χ3n) is 3.81. The second-order valence-electron chi connectivity index (χ2n) is 6.34. The Morgan fingerprint density at radius 1 is 1.25 bits per heavy atom. The molecule has 0 radical (unpaired) electrons. The van der Waals surface area contributed by atoms with Crippen molar-refractivity contribution in [1.82, 2.24) is 20.2 Å². The lowest BCUT2D eigenvalue weighted by Crippen LogP contribution is -2.33. The predicted octanol–water partition coefficient (Wildman–Crippen LogP) is 4.97. The SMILES string of the molecule is CC(C)c1cc(NNC(=O)OCC(Cl)(Cl)Cl)n(-c2ccc3ncccc3c2)n1. The first-order valence-corrected chi connectivity index (χ1v) is 9.57. The van der Waals surface area contributed by atoms with Crippen LogP contribution in [0, 0.1) is 0 Å². The van der Waals surface area contributed by atoms with E-state index in [0.717, 1.165) is 22.3 Å². The number of hydrogen-bond donors (Lipinski definition) is 2. The molecule has 0 fully saturated rings. The molecule has 3 aromatic rings. The summed E-state index contributed by atoms with van der Waals surface area (Å²) in [5, 5.41) is 5.60. The monoisotopic (exact) mass is 441 g/mol. The number of ether oxygens (including phenoxy) is 1. The van der Waals surface area contributed by atoms with Gasteiger partial charge in [0.1, 0.15) is 12.4 Å². The molecule has 0 aliphatic heterocycles. The quantitative estimate of drug-likeness (QED) is 0.431. The number of rotatable bonds is 5. The fourth-order valence-corrected chi connectivity index (χ4v) is 2.62. The maximum Gasteiger partial charge on any atom is 0.426 e. The van der Waals surface area contributed by atoms with Gasteiger partial charge in [-0.3, -0.25) is 10.4 Å². The molecule has 0 spiro atoms. The van der Waals surface area contributed by atoms with Gasteiger partial charge in [-0.15, -0.1) is 0 Å². The van der Waals surface area contributed by atoms with Crippen molar-refractivity contribution in [2.75, 3.05) is 12.0 Å². The van der Waals surface area contributed by atoms with Crippen LogP contribution in [0.3, 0.4) is 0 Å². The van der Waals surface area contributed by atoms with E-state index in [1.807, 2.05) is 50.2 Å². The van der Waals surface area contributed by atoms with Crippen LogP contribution in [0.1, 0.15) is 25.5 Å². The zero-order valence-corrected chi connectivity index (χ0v) is 17.4. The second-order valence-corrected chi connectivity index (χ2v) is 8.86. The normalized spacial score (nSPS) is 11.6. The fourth-order valence-electron chi connectivity index (χ4n) is 2.46. The van der Waals surface area contributed by atoms with Gasteiger partial charge in [0.05, 0.1) is 16.9 Å². The zero-order valence-electron chi connectivity index (χ0n) is 15.1. The summed E-state index contributed by atoms with van der Waals surface area (Å²) in [6.45, 7) is 3.69. The molecule has 0 atom stereocenters. The second kappa shape index (κ2) is 8.43. The standard InChI is InChI=1S/C18H18Cl3N5O2/c1-11(2)15-9-16(23-24-17(27)28-10-18(19,20)21)26(25-15)13-5-6-14-12(8-13)4-3-7-22-14/h3-9,11,23H,10H2,1-2H3,(H,24,27). The summed E-state index contributed by atoms with van der Waals surface area (Å²) in [5.74, 6) is 0.748. The zero-order chi connectivity index (χ0) is 20.3. The Balaban J connectivity index is 1.83. The van der Waals surface area contributed by atoms with Crippen molar-refractivity contribution in [2.45, 2.75) is 23.6 Å². The number of anilines is 1. The first-order valence-electron chi connectivity index (χ1n) is 8.43. The van der Waals surface area contributed by atoms with Gasteiger partial charge in [-0.05, 0) is 30.2 Å². The summed E-state index contributed by atoms with van der Waals surface area (Å²) in [6.07, 6.45) is 0.958. The van der Waals surface area contributed by atoms with Crippen LogP contribution in [0.15, 0.2) is 42.6 Å². The molecule has 0 bridgehead atoms. The van der Waals surface area contributed by atoms with Crippen molar-refractivity contribution in [3.05, 3.63) is 48.3 Å². The molecular weight excluding hydrogens is 425 g/mol. The van der Waals surface area contributed by atoms with Gasteiger partial charge >= 0.3 is 6.09 Å². The number of pyridine rings is 1. The number of fused-ring (bicyclic) bond motifs is 1. The lowest BCUT2D eigenvalue weighted by atomic mass is 10.1. The molecule has 0 saturated carbocycles. The van der Waals surface area contributed by atoms with Crippen LogP contribution in [0.5, 0.6) is 0 Å². The van der Waals surface area contributed by atoms with Gasteiger partial charge in [0.15, 0.2) is 0 Å². The van der Waals surface area contributed by atoms with E-state index in [0.29, 0.717) is 5.82 Å². The summed E-state index contributed by atoms with van der Waals surface area (Å²) in [4.78, 5) is 16.1. The van der Waals surface area contributed by atoms with E-state index < -0.39 is 9.89 Å². The smallest absolute Gasteiger partial charge is 0.426 e. The highest BCUT2D eigenvalue weighted by Gasteiger charge is 2.22. The molecule has 10 heteroatoms. The Hall–Kier alpha value is -2.22. The Labute approximate surface area is 176 Å². The molecule has 3 rings (SSSR count). The number of nitrogens with one attached hydrogen (secondary N) is 2. The number of alkyl halides is 3. The third-order valence-corrected chi connectivity index (χ3v) is 4.14. The van der Waals surface area contributed by atoms with Crippen LogP contribution >= 0.6 is 34.8 Å². The Morgan fingerprint density at radius 2 is 2.04 bits per heavy atom. The minimum absolute atomic E-state index is 0.195. The van der Waals surface area contributed by atoms with Gasteiger partial charge in [0.2, 0.25) is 3.79 Å². The van der Waals surface area contributed by atoms with E-state index in [2.05, 4.69) is 20.9 Å². The van der Waals surface area contributed by atoms with Crippen molar-refractivity contribution in [3.8, 4) is 5.69 Å². The third kappa shape index (κ3) is 5.19. The van der Waals surface area contributed by atoms with E-state index in [1.54, 1.807) is 10.9 Å². The molecule has 0 saturated heterocycles. The number of amides is 1. The maximum atomic E-state index is 11.8. The Bertz CT molecular complexity index is 985. The molecule has 148 valence electrons. The van der Waals surface area contributed by atoms with Gasteiger partial charge in [0, 0.05) is 17.6 Å². The Kier molecular flexibility index (Phi) is 6.17. The summed E-state index contributed by atoms with van der Waals surface area (Å²) in [7, 11) is 0. The molecule has 7 nitrogen and oxygen atoms in total. The number of hydrazine groups is 1. The van der Waals surface area contributed by atoms with Crippen molar-refractivity contribution in [2.24, 2.45) is 0 Å². The lowest BCUT2D eigenvalue weighted by molar-refractivity contribution is 0.150. The highest BCUT2D eigenvalue weighted by Crippen LogP contribution is 2.26. The molecule has 2 heterocycles. The first kappa shape index (κ1) is 20.5. The number of benzene rings is 1. The van der Waals surface area contributed by atoms with Gasteiger partial charge < -0.3 is 4.74 Å². The largest absolute Gasteiger partial charge is 0.444 e. The average molecular weight is 443 g/mol. The van der Waals surface area contributed by atoms with E-state index in [4.69, 9.17) is 39.5 Å². The molecular formula is C18H18Cl3N5O2. The van der Waals surface area contributed by atoms with Crippen molar-refractivity contribution < 1.29 is 9.53 Å². The summed E-state index contributed by atoms with van der Waals surface area (Å²) >= 11 is 16.7. The highest BCUT2D eigenvalue weighted by atomic mass is 35.6. The van der Waals surface area contributed by atoms with Gasteiger partial charge in [-0.1, -0.05) is 54.7 Å². The van der Waals surface area contributed by atoms with Crippen LogP contribution in [0.4, 0.5) is 10.6 Å². The Morgan fingerprint density at radius 3 is 2.75 bits per heavy atom. The molecule has 28 heavy (non-hydrogen) atoms. The number of hydrogen-bond acceptors (Lipinski definition) is 5. The number of nitrogens with zero attached hydrogens (tertiary/aromatic N) is 3. The predicted molar refractivity (Wildman–Crippen MR) is 111 cm³/mol. The summed E-state index contributed by atoms with van der Waals surface area (Å²) in [5.41, 5.74) is 7.76. The number of carbonyl (C=O) groups excluding carboxylic acids is 1. The van der Waals surface area contributed by atoms with Crippen LogP contribution in [0.25, 0.3) is 16.6 Å². The minimum Gasteiger partial charge on any atom is -0.444 e. The molecule has 2 aromatic heterocycles. The van der Waals surface area contributed by atoms with Crippen LogP contribution < -0.4 is 10.9 Å². The topological polar surface area (TPSA) is 81.1 Å². The fraction of sp³-hybridized carbons (Fsp3) is 0.278. The van der Waals surface area contributed by atoms with Crippen LogP contribution in [-0.4, -0.2) is 31.3 Å². The van der Waals surface area contributed by atoms with Crippen molar-refractivity contribution >= 4 is 57.6 Å². The molecule has 1 aromatic carbocycles. The van der Waals surface area contributed by atoms with Crippen LogP contribution in [0.2, 0.25) is 0 Å². The maximum absolute atomic E-state index is 11.8. The minimum atomic E-state index is -1.68. The molecule has 0 aliphatic rings. The number of halogens is 3. The van der Waals surface area contributed by atoms with E-state index in [1.165, 1.54) is 0 Å². The molecule has 1 amide bonds. The summed E-state index contributed by atoms with van der Waals surface area (Å²) in [6, 6.07) is 11.5. The van der Waals surface area contributed by atoms with Crippen molar-refractivity contribution in [3.63, 3.8) is 0 Å². The molecule has 0 aliphatic carbocycles. The first-order chi connectivity index (χ1) is 13.2. The van der Waals surface area contributed by atoms with Gasteiger partial charge in [-0.25, -0.2) is 14.9 Å². The van der Waals surface area contributed by atoms with E-state index >= 15 is 0 Å². The molecule has 0 unspecified atom stereocenters. The lowest BCUT2D eigenvalue weighted by Gasteiger charge is -2.14. The van der Waals surface area contributed by atoms with Crippen LogP contribution in [-0.2, 0) is 4.74 Å².